The maximum atomic E-state index is 10.9. The fourth-order valence-electron chi connectivity index (χ4n) is 2.05. The van der Waals surface area contributed by atoms with Gasteiger partial charge in [-0.05, 0) is 25.8 Å². The Labute approximate surface area is 88.7 Å². The van der Waals surface area contributed by atoms with Crippen LogP contribution >= 0.6 is 0 Å². The van der Waals surface area contributed by atoms with Gasteiger partial charge >= 0.3 is 11.9 Å². The van der Waals surface area contributed by atoms with Crippen LogP contribution in [0.25, 0.3) is 0 Å². The van der Waals surface area contributed by atoms with Crippen LogP contribution < -0.4 is 0 Å². The van der Waals surface area contributed by atoms with Crippen LogP contribution in [0.15, 0.2) is 0 Å². The Morgan fingerprint density at radius 3 is 2.00 bits per heavy atom. The van der Waals surface area contributed by atoms with Crippen molar-refractivity contribution in [3.8, 4) is 0 Å². The standard InChI is InChI=1S/C10H17NO4/c1-2-3-6-11-7(9(12)13)4-5-8(11)10(14)15/h7-8H,2-6H2,1H3,(H,12,13)(H,14,15)/t7-,8-/m1/s1. The predicted molar refractivity (Wildman–Crippen MR) is 53.7 cm³/mol. The van der Waals surface area contributed by atoms with Crippen molar-refractivity contribution >= 4 is 11.9 Å². The van der Waals surface area contributed by atoms with Gasteiger partial charge in [0, 0.05) is 0 Å². The van der Waals surface area contributed by atoms with Crippen molar-refractivity contribution in [3.05, 3.63) is 0 Å². The molecule has 1 rings (SSSR count). The summed E-state index contributed by atoms with van der Waals surface area (Å²) < 4.78 is 0. The van der Waals surface area contributed by atoms with Crippen LogP contribution in [0.4, 0.5) is 0 Å². The zero-order chi connectivity index (χ0) is 11.4. The second-order valence-electron chi connectivity index (χ2n) is 3.88. The van der Waals surface area contributed by atoms with E-state index in [0.717, 1.165) is 12.8 Å². The van der Waals surface area contributed by atoms with Crippen molar-refractivity contribution in [1.82, 2.24) is 4.90 Å². The first-order valence-corrected chi connectivity index (χ1v) is 5.29. The quantitative estimate of drug-likeness (QED) is 0.709. The molecular formula is C10H17NO4. The molecule has 2 atom stereocenters. The Balaban J connectivity index is 2.68. The molecule has 5 nitrogen and oxygen atoms in total. The van der Waals surface area contributed by atoms with Gasteiger partial charge in [-0.2, -0.15) is 0 Å². The molecule has 2 N–H and O–H groups in total. The van der Waals surface area contributed by atoms with E-state index in [1.165, 1.54) is 0 Å². The Morgan fingerprint density at radius 1 is 1.20 bits per heavy atom. The minimum atomic E-state index is -0.908. The summed E-state index contributed by atoms with van der Waals surface area (Å²) in [5, 5.41) is 17.9. The van der Waals surface area contributed by atoms with E-state index in [1.54, 1.807) is 4.90 Å². The van der Waals surface area contributed by atoms with Gasteiger partial charge < -0.3 is 10.2 Å². The van der Waals surface area contributed by atoms with Gasteiger partial charge in [0.1, 0.15) is 12.1 Å². The molecule has 1 fully saturated rings. The lowest BCUT2D eigenvalue weighted by atomic mass is 10.2. The zero-order valence-corrected chi connectivity index (χ0v) is 8.85. The molecule has 0 radical (unpaired) electrons. The first kappa shape index (κ1) is 12.0. The number of likely N-dealkylation sites (tertiary alicyclic amines) is 1. The van der Waals surface area contributed by atoms with Gasteiger partial charge in [0.05, 0.1) is 0 Å². The molecule has 0 aromatic heterocycles. The van der Waals surface area contributed by atoms with Gasteiger partial charge in [-0.3, -0.25) is 14.5 Å². The topological polar surface area (TPSA) is 77.8 Å². The lowest BCUT2D eigenvalue weighted by Gasteiger charge is -2.25. The van der Waals surface area contributed by atoms with Gasteiger partial charge in [0.25, 0.3) is 0 Å². The van der Waals surface area contributed by atoms with Gasteiger partial charge in [0.2, 0.25) is 0 Å². The number of aliphatic carboxylic acids is 2. The van der Waals surface area contributed by atoms with E-state index < -0.39 is 24.0 Å². The number of unbranched alkanes of at least 4 members (excludes halogenated alkanes) is 1. The van der Waals surface area contributed by atoms with Crippen LogP contribution in [-0.2, 0) is 9.59 Å². The minimum Gasteiger partial charge on any atom is -0.480 e. The molecule has 5 heteroatoms. The van der Waals surface area contributed by atoms with E-state index in [0.29, 0.717) is 19.4 Å². The summed E-state index contributed by atoms with van der Waals surface area (Å²) in [7, 11) is 0. The van der Waals surface area contributed by atoms with E-state index in [4.69, 9.17) is 10.2 Å². The van der Waals surface area contributed by atoms with Crippen molar-refractivity contribution < 1.29 is 19.8 Å². The molecule has 0 bridgehead atoms. The third-order valence-corrected chi connectivity index (χ3v) is 2.85. The summed E-state index contributed by atoms with van der Waals surface area (Å²) in [5.41, 5.74) is 0. The minimum absolute atomic E-state index is 0.440. The van der Waals surface area contributed by atoms with E-state index in [2.05, 4.69) is 0 Å². The number of hydrogen-bond donors (Lipinski definition) is 2. The average molecular weight is 215 g/mol. The van der Waals surface area contributed by atoms with E-state index in [-0.39, 0.29) is 0 Å². The third-order valence-electron chi connectivity index (χ3n) is 2.85. The molecule has 1 heterocycles. The van der Waals surface area contributed by atoms with E-state index >= 15 is 0 Å². The van der Waals surface area contributed by atoms with E-state index in [9.17, 15) is 9.59 Å². The number of hydrogen-bond acceptors (Lipinski definition) is 3. The van der Waals surface area contributed by atoms with Crippen LogP contribution in [-0.4, -0.2) is 45.7 Å². The molecule has 1 aliphatic heterocycles. The lowest BCUT2D eigenvalue weighted by molar-refractivity contribution is -0.146. The molecule has 0 saturated carbocycles. The number of carbonyl (C=O) groups is 2. The third kappa shape index (κ3) is 2.68. The van der Waals surface area contributed by atoms with Crippen LogP contribution in [0, 0.1) is 0 Å². The van der Waals surface area contributed by atoms with Crippen molar-refractivity contribution in [2.75, 3.05) is 6.54 Å². The predicted octanol–water partition coefficient (Wildman–Crippen LogP) is 0.789. The molecule has 0 amide bonds. The number of carboxylic acids is 2. The van der Waals surface area contributed by atoms with Crippen LogP contribution in [0.5, 0.6) is 0 Å². The molecular weight excluding hydrogens is 198 g/mol. The molecule has 86 valence electrons. The van der Waals surface area contributed by atoms with Crippen LogP contribution in [0.1, 0.15) is 32.6 Å². The Kier molecular flexibility index (Phi) is 4.08. The SMILES string of the molecule is CCCCN1[C@@H](C(=O)O)CC[C@@H]1C(=O)O. The summed E-state index contributed by atoms with van der Waals surface area (Å²) in [6, 6.07) is -1.23. The van der Waals surface area contributed by atoms with Crippen molar-refractivity contribution in [3.63, 3.8) is 0 Å². The summed E-state index contributed by atoms with van der Waals surface area (Å²) in [6.45, 7) is 2.56. The molecule has 0 unspecified atom stereocenters. The Bertz CT molecular complexity index is 232. The first-order valence-electron chi connectivity index (χ1n) is 5.29. The molecule has 15 heavy (non-hydrogen) atoms. The van der Waals surface area contributed by atoms with Crippen molar-refractivity contribution in [1.29, 1.82) is 0 Å². The maximum Gasteiger partial charge on any atom is 0.320 e. The highest BCUT2D eigenvalue weighted by molar-refractivity contribution is 5.79. The number of nitrogens with zero attached hydrogens (tertiary/aromatic N) is 1. The average Bonchev–Trinajstić information content (AvgIpc) is 2.57. The number of carboxylic acid groups (broad SMARTS) is 2. The number of rotatable bonds is 5. The lowest BCUT2D eigenvalue weighted by Crippen LogP contribution is -2.44. The van der Waals surface area contributed by atoms with Crippen molar-refractivity contribution in [2.24, 2.45) is 0 Å². The van der Waals surface area contributed by atoms with Gasteiger partial charge in [0.15, 0.2) is 0 Å². The molecule has 0 aromatic carbocycles. The van der Waals surface area contributed by atoms with Crippen LogP contribution in [0.2, 0.25) is 0 Å². The summed E-state index contributed by atoms with van der Waals surface area (Å²) in [5.74, 6) is -1.82. The molecule has 0 aliphatic carbocycles. The highest BCUT2D eigenvalue weighted by Crippen LogP contribution is 2.25. The van der Waals surface area contributed by atoms with Gasteiger partial charge in [-0.25, -0.2) is 0 Å². The molecule has 0 aromatic rings. The highest BCUT2D eigenvalue weighted by atomic mass is 16.4. The van der Waals surface area contributed by atoms with E-state index in [1.807, 2.05) is 6.92 Å². The second kappa shape index (κ2) is 5.11. The molecule has 1 saturated heterocycles. The maximum absolute atomic E-state index is 10.9. The summed E-state index contributed by atoms with van der Waals surface area (Å²) in [4.78, 5) is 23.4. The Hall–Kier alpha value is -1.10. The van der Waals surface area contributed by atoms with Crippen LogP contribution in [0.3, 0.4) is 0 Å². The zero-order valence-electron chi connectivity index (χ0n) is 8.85. The highest BCUT2D eigenvalue weighted by Gasteiger charge is 2.40. The molecule has 0 spiro atoms. The van der Waals surface area contributed by atoms with Gasteiger partial charge in [-0.1, -0.05) is 13.3 Å². The largest absolute Gasteiger partial charge is 0.480 e. The summed E-state index contributed by atoms with van der Waals surface area (Å²) >= 11 is 0. The fourth-order valence-corrected chi connectivity index (χ4v) is 2.05. The summed E-state index contributed by atoms with van der Waals surface area (Å²) in [6.07, 6.45) is 2.66. The van der Waals surface area contributed by atoms with Gasteiger partial charge in [-0.15, -0.1) is 0 Å². The molecule has 1 aliphatic rings. The second-order valence-corrected chi connectivity index (χ2v) is 3.88. The fraction of sp³-hybridized carbons (Fsp3) is 0.800. The monoisotopic (exact) mass is 215 g/mol. The smallest absolute Gasteiger partial charge is 0.320 e. The van der Waals surface area contributed by atoms with Crippen molar-refractivity contribution in [2.45, 2.75) is 44.7 Å². The Morgan fingerprint density at radius 2 is 1.67 bits per heavy atom. The first-order chi connectivity index (χ1) is 7.07. The normalized spacial score (nSPS) is 26.7.